The Morgan fingerprint density at radius 1 is 1.43 bits per heavy atom. The van der Waals surface area contributed by atoms with Gasteiger partial charge in [-0.3, -0.25) is 4.79 Å². The molecule has 0 aliphatic carbocycles. The number of unbranched alkanes of at least 4 members (excludes halogenated alkanes) is 1. The second kappa shape index (κ2) is 8.08. The minimum atomic E-state index is -0.380. The van der Waals surface area contributed by atoms with E-state index in [2.05, 4.69) is 5.32 Å². The predicted molar refractivity (Wildman–Crippen MR) is 85.5 cm³/mol. The maximum atomic E-state index is 12.0. The predicted octanol–water partition coefficient (Wildman–Crippen LogP) is 2.29. The summed E-state index contributed by atoms with van der Waals surface area (Å²) in [5.74, 6) is 1.22. The highest BCUT2D eigenvalue weighted by atomic mass is 16.6. The van der Waals surface area contributed by atoms with Crippen LogP contribution >= 0.6 is 0 Å². The van der Waals surface area contributed by atoms with E-state index in [-0.39, 0.29) is 11.5 Å². The van der Waals surface area contributed by atoms with Gasteiger partial charge in [-0.15, -0.1) is 0 Å². The standard InChI is InChI=1S/C17H20N2O4/c1-3-4-5-19-17(20)13(11-18)8-12-9-14(21-2)16-15(10-12)22-6-7-23-16/h8-10H,3-7H2,1-2H3,(H,19,20)/b13-8+. The molecule has 0 unspecified atom stereocenters. The molecule has 0 saturated heterocycles. The van der Waals surface area contributed by atoms with Gasteiger partial charge < -0.3 is 19.5 Å². The summed E-state index contributed by atoms with van der Waals surface area (Å²) in [6, 6.07) is 5.37. The smallest absolute Gasteiger partial charge is 0.261 e. The van der Waals surface area contributed by atoms with Crippen LogP contribution in [0.5, 0.6) is 17.2 Å². The van der Waals surface area contributed by atoms with Gasteiger partial charge in [-0.2, -0.15) is 5.26 Å². The number of rotatable bonds is 6. The molecule has 2 rings (SSSR count). The number of nitrogens with one attached hydrogen (secondary N) is 1. The summed E-state index contributed by atoms with van der Waals surface area (Å²) in [7, 11) is 1.53. The van der Waals surface area contributed by atoms with E-state index in [9.17, 15) is 10.1 Å². The number of ether oxygens (including phenoxy) is 3. The molecule has 0 radical (unpaired) electrons. The zero-order chi connectivity index (χ0) is 16.7. The van der Waals surface area contributed by atoms with Gasteiger partial charge in [0.25, 0.3) is 5.91 Å². The molecule has 0 fully saturated rings. The van der Waals surface area contributed by atoms with Crippen LogP contribution in [0.4, 0.5) is 0 Å². The Bertz CT molecular complexity index is 629. The number of hydrogen-bond acceptors (Lipinski definition) is 5. The van der Waals surface area contributed by atoms with Crippen molar-refractivity contribution in [3.63, 3.8) is 0 Å². The molecule has 0 saturated carbocycles. The summed E-state index contributed by atoms with van der Waals surface area (Å²) in [5, 5.41) is 11.9. The van der Waals surface area contributed by atoms with Gasteiger partial charge in [0.2, 0.25) is 5.75 Å². The lowest BCUT2D eigenvalue weighted by atomic mass is 10.1. The fourth-order valence-corrected chi connectivity index (χ4v) is 2.17. The number of methoxy groups -OCH3 is 1. The van der Waals surface area contributed by atoms with E-state index in [4.69, 9.17) is 14.2 Å². The van der Waals surface area contributed by atoms with Crippen molar-refractivity contribution in [2.45, 2.75) is 19.8 Å². The number of carbonyl (C=O) groups is 1. The highest BCUT2D eigenvalue weighted by Crippen LogP contribution is 2.40. The van der Waals surface area contributed by atoms with Crippen molar-refractivity contribution in [2.75, 3.05) is 26.9 Å². The Balaban J connectivity index is 2.26. The van der Waals surface area contributed by atoms with Gasteiger partial charge in [0.05, 0.1) is 7.11 Å². The van der Waals surface area contributed by atoms with Crippen molar-refractivity contribution >= 4 is 12.0 Å². The van der Waals surface area contributed by atoms with E-state index < -0.39 is 0 Å². The fourth-order valence-electron chi connectivity index (χ4n) is 2.17. The van der Waals surface area contributed by atoms with Crippen molar-refractivity contribution in [3.05, 3.63) is 23.3 Å². The summed E-state index contributed by atoms with van der Waals surface area (Å²) in [5.41, 5.74) is 0.688. The SMILES string of the molecule is CCCCNC(=O)/C(C#N)=C/c1cc(OC)c2c(c1)OCCO2. The average molecular weight is 316 g/mol. The van der Waals surface area contributed by atoms with Gasteiger partial charge in [0, 0.05) is 6.54 Å². The van der Waals surface area contributed by atoms with E-state index in [0.717, 1.165) is 12.8 Å². The molecule has 1 heterocycles. The second-order valence-corrected chi connectivity index (χ2v) is 5.03. The highest BCUT2D eigenvalue weighted by molar-refractivity contribution is 6.01. The van der Waals surface area contributed by atoms with E-state index in [1.54, 1.807) is 12.1 Å². The molecule has 1 aromatic carbocycles. The van der Waals surface area contributed by atoms with Gasteiger partial charge in [0.15, 0.2) is 11.5 Å². The first-order chi connectivity index (χ1) is 11.2. The molecule has 1 aliphatic heterocycles. The molecule has 122 valence electrons. The van der Waals surface area contributed by atoms with Gasteiger partial charge in [-0.1, -0.05) is 13.3 Å². The lowest BCUT2D eigenvalue weighted by Crippen LogP contribution is -2.25. The second-order valence-electron chi connectivity index (χ2n) is 5.03. The number of amides is 1. The number of benzene rings is 1. The third-order valence-electron chi connectivity index (χ3n) is 3.34. The van der Waals surface area contributed by atoms with Crippen LogP contribution in [-0.2, 0) is 4.79 Å². The van der Waals surface area contributed by atoms with Crippen LogP contribution in [-0.4, -0.2) is 32.8 Å². The summed E-state index contributed by atoms with van der Waals surface area (Å²) in [6.45, 7) is 3.50. The summed E-state index contributed by atoms with van der Waals surface area (Å²) in [6.07, 6.45) is 3.37. The van der Waals surface area contributed by atoms with Crippen LogP contribution < -0.4 is 19.5 Å². The topological polar surface area (TPSA) is 80.6 Å². The number of carbonyl (C=O) groups excluding carboxylic acids is 1. The molecule has 0 spiro atoms. The Morgan fingerprint density at radius 3 is 2.91 bits per heavy atom. The Hall–Kier alpha value is -2.68. The van der Waals surface area contributed by atoms with Gasteiger partial charge in [0.1, 0.15) is 24.9 Å². The molecular weight excluding hydrogens is 296 g/mol. The molecule has 0 atom stereocenters. The summed E-state index contributed by atoms with van der Waals surface area (Å²) >= 11 is 0. The number of hydrogen-bond donors (Lipinski definition) is 1. The largest absolute Gasteiger partial charge is 0.493 e. The normalized spacial score (nSPS) is 13.2. The Kier molecular flexibility index (Phi) is 5.87. The lowest BCUT2D eigenvalue weighted by Gasteiger charge is -2.21. The van der Waals surface area contributed by atoms with Gasteiger partial charge >= 0.3 is 0 Å². The molecule has 1 amide bonds. The van der Waals surface area contributed by atoms with Crippen LogP contribution in [0.15, 0.2) is 17.7 Å². The van der Waals surface area contributed by atoms with Crippen LogP contribution in [0.25, 0.3) is 6.08 Å². The van der Waals surface area contributed by atoms with Gasteiger partial charge in [-0.05, 0) is 30.2 Å². The summed E-state index contributed by atoms with van der Waals surface area (Å²) in [4.78, 5) is 12.0. The number of nitriles is 1. The first-order valence-electron chi connectivity index (χ1n) is 7.57. The van der Waals surface area contributed by atoms with Crippen LogP contribution in [0.2, 0.25) is 0 Å². The maximum absolute atomic E-state index is 12.0. The molecule has 1 aliphatic rings. The number of fused-ring (bicyclic) bond motifs is 1. The van der Waals surface area contributed by atoms with Crippen LogP contribution in [0.3, 0.4) is 0 Å². The minimum absolute atomic E-state index is 0.0415. The van der Waals surface area contributed by atoms with Gasteiger partial charge in [-0.25, -0.2) is 0 Å². The zero-order valence-electron chi connectivity index (χ0n) is 13.3. The molecule has 23 heavy (non-hydrogen) atoms. The Morgan fingerprint density at radius 2 is 2.22 bits per heavy atom. The van der Waals surface area contributed by atoms with Crippen molar-refractivity contribution in [3.8, 4) is 23.3 Å². The minimum Gasteiger partial charge on any atom is -0.493 e. The Labute approximate surface area is 135 Å². The summed E-state index contributed by atoms with van der Waals surface area (Å²) < 4.78 is 16.4. The van der Waals surface area contributed by atoms with Crippen molar-refractivity contribution in [1.82, 2.24) is 5.32 Å². The molecule has 6 heteroatoms. The highest BCUT2D eigenvalue weighted by Gasteiger charge is 2.18. The maximum Gasteiger partial charge on any atom is 0.261 e. The van der Waals surface area contributed by atoms with E-state index in [0.29, 0.717) is 42.6 Å². The third kappa shape index (κ3) is 4.16. The van der Waals surface area contributed by atoms with Crippen molar-refractivity contribution in [2.24, 2.45) is 0 Å². The fraction of sp³-hybridized carbons (Fsp3) is 0.412. The quantitative estimate of drug-likeness (QED) is 0.495. The van der Waals surface area contributed by atoms with Crippen molar-refractivity contribution in [1.29, 1.82) is 5.26 Å². The molecule has 1 aromatic rings. The molecule has 0 bridgehead atoms. The van der Waals surface area contributed by atoms with E-state index in [1.165, 1.54) is 13.2 Å². The van der Waals surface area contributed by atoms with E-state index >= 15 is 0 Å². The first-order valence-corrected chi connectivity index (χ1v) is 7.57. The molecule has 0 aromatic heterocycles. The zero-order valence-corrected chi connectivity index (χ0v) is 13.3. The van der Waals surface area contributed by atoms with Crippen LogP contribution in [0, 0.1) is 11.3 Å². The molecule has 6 nitrogen and oxygen atoms in total. The molecule has 1 N–H and O–H groups in total. The lowest BCUT2D eigenvalue weighted by molar-refractivity contribution is -0.117. The van der Waals surface area contributed by atoms with E-state index in [1.807, 2.05) is 13.0 Å². The number of nitrogens with zero attached hydrogens (tertiary/aromatic N) is 1. The third-order valence-corrected chi connectivity index (χ3v) is 3.34. The monoisotopic (exact) mass is 316 g/mol. The van der Waals surface area contributed by atoms with Crippen LogP contribution in [0.1, 0.15) is 25.3 Å². The average Bonchev–Trinajstić information content (AvgIpc) is 2.58. The first kappa shape index (κ1) is 16.7. The van der Waals surface area contributed by atoms with Crippen molar-refractivity contribution < 1.29 is 19.0 Å². The molecular formula is C17H20N2O4.